The molecule has 18 heavy (non-hydrogen) atoms. The second kappa shape index (κ2) is 4.25. The van der Waals surface area contributed by atoms with Gasteiger partial charge in [0.15, 0.2) is 5.78 Å². The molecule has 1 aliphatic rings. The van der Waals surface area contributed by atoms with Crippen molar-refractivity contribution in [2.45, 2.75) is 13.3 Å². The van der Waals surface area contributed by atoms with Gasteiger partial charge in [0, 0.05) is 18.3 Å². The predicted molar refractivity (Wildman–Crippen MR) is 64.7 cm³/mol. The van der Waals surface area contributed by atoms with Crippen molar-refractivity contribution in [2.24, 2.45) is 5.92 Å². The Hall–Kier alpha value is -2.17. The van der Waals surface area contributed by atoms with Crippen molar-refractivity contribution in [2.75, 3.05) is 11.9 Å². The van der Waals surface area contributed by atoms with Crippen molar-refractivity contribution in [3.8, 4) is 0 Å². The van der Waals surface area contributed by atoms with Gasteiger partial charge in [0.2, 0.25) is 5.91 Å². The van der Waals surface area contributed by atoms with Crippen LogP contribution in [-0.2, 0) is 16.0 Å². The van der Waals surface area contributed by atoms with Crippen LogP contribution in [0.2, 0.25) is 0 Å². The van der Waals surface area contributed by atoms with E-state index in [-0.39, 0.29) is 12.3 Å². The maximum Gasteiger partial charge on any atom is 0.314 e. The Labute approximate surface area is 104 Å². The molecule has 2 rings (SSSR count). The Morgan fingerprint density at radius 3 is 2.67 bits per heavy atom. The fraction of sp³-hybridized carbons (Fsp3) is 0.308. The van der Waals surface area contributed by atoms with E-state index in [1.54, 1.807) is 25.2 Å². The van der Waals surface area contributed by atoms with Gasteiger partial charge >= 0.3 is 5.97 Å². The van der Waals surface area contributed by atoms with Crippen LogP contribution >= 0.6 is 0 Å². The number of hydrogen-bond donors (Lipinski definition) is 1. The summed E-state index contributed by atoms with van der Waals surface area (Å²) in [5.41, 5.74) is 1.89. The minimum atomic E-state index is -1.14. The Bertz CT molecular complexity index is 550. The minimum Gasteiger partial charge on any atom is -0.481 e. The van der Waals surface area contributed by atoms with E-state index in [1.807, 2.05) is 0 Å². The summed E-state index contributed by atoms with van der Waals surface area (Å²) >= 11 is 0. The molecule has 0 radical (unpaired) electrons. The number of nitrogens with zero attached hydrogens (tertiary/aromatic N) is 1. The van der Waals surface area contributed by atoms with Crippen molar-refractivity contribution in [1.29, 1.82) is 0 Å². The summed E-state index contributed by atoms with van der Waals surface area (Å²) in [5, 5.41) is 8.81. The largest absolute Gasteiger partial charge is 0.481 e. The Balaban J connectivity index is 2.34. The number of carbonyl (C=O) groups is 3. The summed E-state index contributed by atoms with van der Waals surface area (Å²) in [6.45, 7) is 1.36. The SMILES string of the molecule is CC(C(=O)O)C(=O)c1ccc2c(c1)CC(=O)N2C. The highest BCUT2D eigenvalue weighted by molar-refractivity contribution is 6.09. The smallest absolute Gasteiger partial charge is 0.314 e. The van der Waals surface area contributed by atoms with Gasteiger partial charge in [0.1, 0.15) is 5.92 Å². The van der Waals surface area contributed by atoms with Crippen LogP contribution in [0.25, 0.3) is 0 Å². The number of fused-ring (bicyclic) bond motifs is 1. The van der Waals surface area contributed by atoms with Gasteiger partial charge < -0.3 is 10.0 Å². The number of aliphatic carboxylic acids is 1. The zero-order valence-electron chi connectivity index (χ0n) is 10.1. The van der Waals surface area contributed by atoms with E-state index < -0.39 is 17.7 Å². The van der Waals surface area contributed by atoms with Gasteiger partial charge in [-0.1, -0.05) is 0 Å². The molecule has 1 heterocycles. The molecule has 1 unspecified atom stereocenters. The summed E-state index contributed by atoms with van der Waals surface area (Å²) in [4.78, 5) is 35.7. The summed E-state index contributed by atoms with van der Waals surface area (Å²) in [6.07, 6.45) is 0.258. The van der Waals surface area contributed by atoms with E-state index in [2.05, 4.69) is 0 Å². The minimum absolute atomic E-state index is 0.0270. The highest BCUT2D eigenvalue weighted by atomic mass is 16.4. The zero-order chi connectivity index (χ0) is 13.4. The van der Waals surface area contributed by atoms with Crippen LogP contribution in [-0.4, -0.2) is 29.8 Å². The van der Waals surface area contributed by atoms with E-state index >= 15 is 0 Å². The molecule has 0 aromatic heterocycles. The third-order valence-corrected chi connectivity index (χ3v) is 3.20. The molecule has 1 aromatic carbocycles. The summed E-state index contributed by atoms with van der Waals surface area (Å²) < 4.78 is 0. The number of rotatable bonds is 3. The zero-order valence-corrected chi connectivity index (χ0v) is 10.1. The number of likely N-dealkylation sites (N-methyl/N-ethyl adjacent to an activating group) is 1. The molecule has 1 aliphatic heterocycles. The highest BCUT2D eigenvalue weighted by Gasteiger charge is 2.27. The lowest BCUT2D eigenvalue weighted by atomic mass is 9.97. The van der Waals surface area contributed by atoms with E-state index in [0.717, 1.165) is 11.3 Å². The lowest BCUT2D eigenvalue weighted by Crippen LogP contribution is -2.21. The molecule has 1 N–H and O–H groups in total. The first-order valence-electron chi connectivity index (χ1n) is 5.58. The number of anilines is 1. The maximum atomic E-state index is 11.9. The number of benzene rings is 1. The molecular weight excluding hydrogens is 234 g/mol. The summed E-state index contributed by atoms with van der Waals surface area (Å²) in [6, 6.07) is 4.86. The fourth-order valence-electron chi connectivity index (χ4n) is 1.99. The number of Topliss-reactive ketones (excluding diaryl/α,β-unsaturated/α-hetero) is 1. The molecule has 0 aliphatic carbocycles. The van der Waals surface area contributed by atoms with Gasteiger partial charge in [-0.05, 0) is 30.7 Å². The van der Waals surface area contributed by atoms with Crippen molar-refractivity contribution in [3.63, 3.8) is 0 Å². The van der Waals surface area contributed by atoms with E-state index in [0.29, 0.717) is 5.56 Å². The maximum absolute atomic E-state index is 11.9. The Kier molecular flexibility index (Phi) is 2.90. The third-order valence-electron chi connectivity index (χ3n) is 3.20. The lowest BCUT2D eigenvalue weighted by Gasteiger charge is -2.11. The fourth-order valence-corrected chi connectivity index (χ4v) is 1.99. The van der Waals surface area contributed by atoms with Crippen LogP contribution < -0.4 is 4.90 Å². The monoisotopic (exact) mass is 247 g/mol. The first-order valence-corrected chi connectivity index (χ1v) is 5.58. The molecule has 0 fully saturated rings. The molecule has 94 valence electrons. The van der Waals surface area contributed by atoms with Crippen LogP contribution in [0.1, 0.15) is 22.8 Å². The van der Waals surface area contributed by atoms with Gasteiger partial charge in [-0.15, -0.1) is 0 Å². The first kappa shape index (κ1) is 12.3. The second-order valence-electron chi connectivity index (χ2n) is 4.40. The average molecular weight is 247 g/mol. The molecule has 1 amide bonds. The average Bonchev–Trinajstić information content (AvgIpc) is 2.62. The Morgan fingerprint density at radius 2 is 2.06 bits per heavy atom. The van der Waals surface area contributed by atoms with Crippen molar-refractivity contribution < 1.29 is 19.5 Å². The number of carbonyl (C=O) groups excluding carboxylic acids is 2. The van der Waals surface area contributed by atoms with E-state index in [1.165, 1.54) is 11.8 Å². The molecular formula is C13H13NO4. The number of carboxylic acid groups (broad SMARTS) is 1. The van der Waals surface area contributed by atoms with Crippen LogP contribution in [0.5, 0.6) is 0 Å². The van der Waals surface area contributed by atoms with Crippen molar-refractivity contribution in [3.05, 3.63) is 29.3 Å². The second-order valence-corrected chi connectivity index (χ2v) is 4.40. The van der Waals surface area contributed by atoms with Gasteiger partial charge in [-0.2, -0.15) is 0 Å². The predicted octanol–water partition coefficient (Wildman–Crippen LogP) is 1.11. The number of carboxylic acids is 1. The van der Waals surface area contributed by atoms with Gasteiger partial charge in [-0.3, -0.25) is 14.4 Å². The Morgan fingerprint density at radius 1 is 1.39 bits per heavy atom. The van der Waals surface area contributed by atoms with Gasteiger partial charge in [-0.25, -0.2) is 0 Å². The normalized spacial score (nSPS) is 15.4. The van der Waals surface area contributed by atoms with Crippen molar-refractivity contribution in [1.82, 2.24) is 0 Å². The number of amides is 1. The molecule has 0 saturated heterocycles. The molecule has 1 atom stereocenters. The number of ketones is 1. The lowest BCUT2D eigenvalue weighted by molar-refractivity contribution is -0.139. The highest BCUT2D eigenvalue weighted by Crippen LogP contribution is 2.29. The van der Waals surface area contributed by atoms with Crippen LogP contribution in [0.4, 0.5) is 5.69 Å². The van der Waals surface area contributed by atoms with Crippen LogP contribution in [0.15, 0.2) is 18.2 Å². The van der Waals surface area contributed by atoms with Gasteiger partial charge in [0.05, 0.1) is 6.42 Å². The standard InChI is InChI=1S/C13H13NO4/c1-7(13(17)18)12(16)8-3-4-10-9(5-8)6-11(15)14(10)2/h3-5,7H,6H2,1-2H3,(H,17,18). The van der Waals surface area contributed by atoms with Crippen molar-refractivity contribution >= 4 is 23.3 Å². The molecule has 1 aromatic rings. The van der Waals surface area contributed by atoms with Crippen LogP contribution in [0, 0.1) is 5.92 Å². The third kappa shape index (κ3) is 1.88. The van der Waals surface area contributed by atoms with Crippen LogP contribution in [0.3, 0.4) is 0 Å². The first-order chi connectivity index (χ1) is 8.41. The quantitative estimate of drug-likeness (QED) is 0.641. The summed E-state index contributed by atoms with van der Waals surface area (Å²) in [7, 11) is 1.68. The molecule has 5 nitrogen and oxygen atoms in total. The molecule has 0 spiro atoms. The molecule has 0 bridgehead atoms. The summed E-state index contributed by atoms with van der Waals surface area (Å²) in [5.74, 6) is -2.68. The topological polar surface area (TPSA) is 74.7 Å². The molecule has 5 heteroatoms. The van der Waals surface area contributed by atoms with E-state index in [9.17, 15) is 14.4 Å². The molecule has 0 saturated carbocycles. The van der Waals surface area contributed by atoms with E-state index in [4.69, 9.17) is 5.11 Å². The van der Waals surface area contributed by atoms with Gasteiger partial charge in [0.25, 0.3) is 0 Å². The number of hydrogen-bond acceptors (Lipinski definition) is 3.